The van der Waals surface area contributed by atoms with E-state index in [-0.39, 0.29) is 55.8 Å². The Hall–Kier alpha value is -2.33. The molecule has 1 amide bonds. The first kappa shape index (κ1) is 21.0. The molecule has 10 heteroatoms. The van der Waals surface area contributed by atoms with E-state index in [1.165, 1.54) is 35.6 Å². The molecule has 1 aromatic rings. The van der Waals surface area contributed by atoms with Gasteiger partial charge >= 0.3 is 5.97 Å². The summed E-state index contributed by atoms with van der Waals surface area (Å²) in [6, 6.07) is 4.56. The maximum Gasteiger partial charge on any atom is 0.306 e. The van der Waals surface area contributed by atoms with E-state index in [0.717, 1.165) is 0 Å². The molecule has 0 spiro atoms. The minimum Gasteiger partial charge on any atom is -0.497 e. The topological polar surface area (TPSA) is 102 Å². The number of piperazine rings is 1. The van der Waals surface area contributed by atoms with E-state index in [9.17, 15) is 18.0 Å². The van der Waals surface area contributed by atoms with Crippen molar-refractivity contribution in [1.82, 2.24) is 9.21 Å². The van der Waals surface area contributed by atoms with E-state index in [2.05, 4.69) is 0 Å². The maximum absolute atomic E-state index is 13.0. The molecule has 0 atom stereocenters. The number of hydrogen-bond donors (Lipinski definition) is 0. The summed E-state index contributed by atoms with van der Waals surface area (Å²) in [4.78, 5) is 24.7. The lowest BCUT2D eigenvalue weighted by atomic mass is 10.3. The quantitative estimate of drug-likeness (QED) is 0.614. The van der Waals surface area contributed by atoms with Crippen LogP contribution < -0.4 is 9.47 Å². The van der Waals surface area contributed by atoms with E-state index in [1.54, 1.807) is 13.0 Å². The second kappa shape index (κ2) is 9.05. The van der Waals surface area contributed by atoms with E-state index >= 15 is 0 Å². The Kier molecular flexibility index (Phi) is 7.03. The van der Waals surface area contributed by atoms with Gasteiger partial charge in [0, 0.05) is 38.7 Å². The molecular formula is C17H24N2O7S. The van der Waals surface area contributed by atoms with Crippen LogP contribution in [0, 0.1) is 0 Å². The fourth-order valence-corrected chi connectivity index (χ4v) is 4.23. The van der Waals surface area contributed by atoms with Gasteiger partial charge in [0.15, 0.2) is 6.61 Å². The first-order valence-corrected chi connectivity index (χ1v) is 9.93. The van der Waals surface area contributed by atoms with Gasteiger partial charge in [0.05, 0.1) is 14.2 Å². The fourth-order valence-electron chi connectivity index (χ4n) is 2.64. The average Bonchev–Trinajstić information content (AvgIpc) is 2.71. The molecule has 0 N–H and O–H groups in total. The molecule has 1 saturated heterocycles. The van der Waals surface area contributed by atoms with Crippen LogP contribution in [0.25, 0.3) is 0 Å². The molecule has 9 nitrogen and oxygen atoms in total. The normalized spacial score (nSPS) is 15.3. The minimum absolute atomic E-state index is 0.0148. The minimum atomic E-state index is -3.81. The molecule has 1 fully saturated rings. The number of hydrogen-bond acceptors (Lipinski definition) is 7. The van der Waals surface area contributed by atoms with Crippen molar-refractivity contribution >= 4 is 21.9 Å². The number of benzene rings is 1. The van der Waals surface area contributed by atoms with Gasteiger partial charge in [0.2, 0.25) is 10.0 Å². The molecule has 2 rings (SSSR count). The SMILES string of the molecule is CCC(=O)OCC(=O)N1CCN(S(=O)(=O)c2cc(OC)ccc2OC)CC1. The summed E-state index contributed by atoms with van der Waals surface area (Å²) >= 11 is 0. The zero-order chi connectivity index (χ0) is 20.0. The van der Waals surface area contributed by atoms with Crippen molar-refractivity contribution < 1.29 is 32.2 Å². The smallest absolute Gasteiger partial charge is 0.306 e. The maximum atomic E-state index is 13.0. The van der Waals surface area contributed by atoms with Gasteiger partial charge in [-0.1, -0.05) is 6.92 Å². The highest BCUT2D eigenvalue weighted by Crippen LogP contribution is 2.31. The van der Waals surface area contributed by atoms with Crippen LogP contribution in [0.5, 0.6) is 11.5 Å². The lowest BCUT2D eigenvalue weighted by molar-refractivity contribution is -0.152. The largest absolute Gasteiger partial charge is 0.497 e. The van der Waals surface area contributed by atoms with E-state index in [0.29, 0.717) is 5.75 Å². The molecule has 150 valence electrons. The highest BCUT2D eigenvalue weighted by Gasteiger charge is 2.32. The van der Waals surface area contributed by atoms with Crippen molar-refractivity contribution in [3.63, 3.8) is 0 Å². The lowest BCUT2D eigenvalue weighted by Crippen LogP contribution is -2.51. The second-order valence-corrected chi connectivity index (χ2v) is 7.72. The summed E-state index contributed by atoms with van der Waals surface area (Å²) in [5, 5.41) is 0. The second-order valence-electron chi connectivity index (χ2n) is 5.82. The molecular weight excluding hydrogens is 376 g/mol. The van der Waals surface area contributed by atoms with Crippen molar-refractivity contribution in [2.24, 2.45) is 0 Å². The third-order valence-electron chi connectivity index (χ3n) is 4.23. The monoisotopic (exact) mass is 400 g/mol. The predicted octanol–water partition coefficient (Wildman–Crippen LogP) is 0.490. The Morgan fingerprint density at radius 1 is 1.07 bits per heavy atom. The first-order chi connectivity index (χ1) is 12.8. The Bertz CT molecular complexity index is 786. The molecule has 1 aliphatic heterocycles. The van der Waals surface area contributed by atoms with E-state index < -0.39 is 16.0 Å². The average molecular weight is 400 g/mol. The number of carbonyl (C=O) groups is 2. The van der Waals surface area contributed by atoms with Crippen LogP contribution in [0.15, 0.2) is 23.1 Å². The van der Waals surface area contributed by atoms with Gasteiger partial charge in [-0.3, -0.25) is 9.59 Å². The molecule has 0 radical (unpaired) electrons. The summed E-state index contributed by atoms with van der Waals surface area (Å²) < 4.78 is 42.4. The van der Waals surface area contributed by atoms with Gasteiger partial charge < -0.3 is 19.1 Å². The van der Waals surface area contributed by atoms with Gasteiger partial charge in [-0.15, -0.1) is 0 Å². The molecule has 0 aromatic heterocycles. The van der Waals surface area contributed by atoms with Gasteiger partial charge in [-0.2, -0.15) is 4.31 Å². The fraction of sp³-hybridized carbons (Fsp3) is 0.529. The van der Waals surface area contributed by atoms with Crippen LogP contribution in [0.1, 0.15) is 13.3 Å². The Morgan fingerprint density at radius 3 is 2.30 bits per heavy atom. The number of sulfonamides is 1. The molecule has 0 unspecified atom stereocenters. The summed E-state index contributed by atoms with van der Waals surface area (Å²) in [5.41, 5.74) is 0. The van der Waals surface area contributed by atoms with E-state index in [1.807, 2.05) is 0 Å². The van der Waals surface area contributed by atoms with Crippen molar-refractivity contribution in [2.45, 2.75) is 18.2 Å². The van der Waals surface area contributed by atoms with Crippen molar-refractivity contribution in [3.05, 3.63) is 18.2 Å². The molecule has 1 heterocycles. The number of nitrogens with zero attached hydrogens (tertiary/aromatic N) is 2. The zero-order valence-corrected chi connectivity index (χ0v) is 16.5. The number of ether oxygens (including phenoxy) is 3. The van der Waals surface area contributed by atoms with E-state index in [4.69, 9.17) is 14.2 Å². The molecule has 0 aliphatic carbocycles. The van der Waals surface area contributed by atoms with Gasteiger partial charge in [0.25, 0.3) is 5.91 Å². The number of amides is 1. The van der Waals surface area contributed by atoms with Gasteiger partial charge in [0.1, 0.15) is 16.4 Å². The molecule has 0 saturated carbocycles. The standard InChI is InChI=1S/C17H24N2O7S/c1-4-17(21)26-12-16(20)18-7-9-19(10-8-18)27(22,23)15-11-13(24-2)5-6-14(15)25-3/h5-6,11H,4,7-10,12H2,1-3H3. The molecule has 1 aromatic carbocycles. The van der Waals surface area contributed by atoms with Crippen LogP contribution in [0.4, 0.5) is 0 Å². The molecule has 27 heavy (non-hydrogen) atoms. The van der Waals surface area contributed by atoms with Crippen molar-refractivity contribution in [1.29, 1.82) is 0 Å². The third-order valence-corrected chi connectivity index (χ3v) is 6.15. The zero-order valence-electron chi connectivity index (χ0n) is 15.6. The lowest BCUT2D eigenvalue weighted by Gasteiger charge is -2.34. The van der Waals surface area contributed by atoms with Gasteiger partial charge in [-0.05, 0) is 12.1 Å². The number of rotatable bonds is 7. The number of esters is 1. The number of methoxy groups -OCH3 is 2. The Morgan fingerprint density at radius 2 is 1.74 bits per heavy atom. The van der Waals surface area contributed by atoms with Crippen LogP contribution in [-0.4, -0.2) is 76.5 Å². The van der Waals surface area contributed by atoms with Crippen LogP contribution >= 0.6 is 0 Å². The first-order valence-electron chi connectivity index (χ1n) is 8.49. The highest BCUT2D eigenvalue weighted by molar-refractivity contribution is 7.89. The summed E-state index contributed by atoms with van der Waals surface area (Å²) in [5.74, 6) is -0.163. The summed E-state index contributed by atoms with van der Waals surface area (Å²) in [6.07, 6.45) is 0.196. The van der Waals surface area contributed by atoms with Crippen molar-refractivity contribution in [3.8, 4) is 11.5 Å². The third kappa shape index (κ3) is 4.89. The van der Waals surface area contributed by atoms with Gasteiger partial charge in [-0.25, -0.2) is 8.42 Å². The Balaban J connectivity index is 2.06. The summed E-state index contributed by atoms with van der Waals surface area (Å²) in [6.45, 7) is 2.01. The molecule has 0 bridgehead atoms. The Labute approximate surface area is 158 Å². The summed E-state index contributed by atoms with van der Waals surface area (Å²) in [7, 11) is -0.961. The van der Waals surface area contributed by atoms with Crippen LogP contribution in [0.2, 0.25) is 0 Å². The predicted molar refractivity (Wildman–Crippen MR) is 96.1 cm³/mol. The number of carbonyl (C=O) groups excluding carboxylic acids is 2. The highest BCUT2D eigenvalue weighted by atomic mass is 32.2. The van der Waals surface area contributed by atoms with Crippen LogP contribution in [0.3, 0.4) is 0 Å². The van der Waals surface area contributed by atoms with Crippen molar-refractivity contribution in [2.75, 3.05) is 47.0 Å². The van der Waals surface area contributed by atoms with Crippen LogP contribution in [-0.2, 0) is 24.3 Å². The molecule has 1 aliphatic rings.